The monoisotopic (exact) mass is 804 g/mol. The molecule has 4 aliphatic rings. The normalized spacial score (nSPS) is 33.9. The second-order valence-corrected chi connectivity index (χ2v) is 17.4. The van der Waals surface area contributed by atoms with Crippen LogP contribution in [0.15, 0.2) is 46.1 Å². The number of nitrogens with zero attached hydrogens (tertiary/aromatic N) is 3. The van der Waals surface area contributed by atoms with Gasteiger partial charge in [-0.05, 0) is 25.8 Å². The molecule has 9 atom stereocenters. The summed E-state index contributed by atoms with van der Waals surface area (Å²) in [6.07, 6.45) is 5.02. The number of aliphatic hydroxyl groups is 3. The summed E-state index contributed by atoms with van der Waals surface area (Å²) in [6.45, 7) is 18.3. The Morgan fingerprint density at radius 3 is 2.21 bits per heavy atom. The predicted molar refractivity (Wildman–Crippen MR) is 218 cm³/mol. The summed E-state index contributed by atoms with van der Waals surface area (Å²) in [6, 6.07) is 0. The summed E-state index contributed by atoms with van der Waals surface area (Å²) in [4.78, 5) is 40.3. The molecule has 14 heteroatoms. The number of phenolic OH excluding ortho intramolecular Hbond substituents is 2. The van der Waals surface area contributed by atoms with E-state index in [-0.39, 0.29) is 49.7 Å². The van der Waals surface area contributed by atoms with Crippen molar-refractivity contribution in [2.75, 3.05) is 32.1 Å². The number of rotatable bonds is 3. The van der Waals surface area contributed by atoms with Crippen molar-refractivity contribution in [3.8, 4) is 17.2 Å². The fraction of sp³-hybridized carbons (Fsp3) is 0.591. The number of fused-ring (bicyclic) bond motifs is 1. The van der Waals surface area contributed by atoms with Gasteiger partial charge in [-0.15, -0.1) is 0 Å². The van der Waals surface area contributed by atoms with E-state index in [1.54, 1.807) is 65.8 Å². The maximum Gasteiger partial charge on any atom is 0.312 e. The number of carbonyl (C=O) groups is 2. The molecule has 316 valence electrons. The zero-order valence-electron chi connectivity index (χ0n) is 35.2. The molecule has 58 heavy (non-hydrogen) atoms. The minimum Gasteiger partial charge on any atom is -0.507 e. The van der Waals surface area contributed by atoms with E-state index in [4.69, 9.17) is 19.2 Å². The Labute approximate surface area is 339 Å². The fourth-order valence-electron chi connectivity index (χ4n) is 8.85. The van der Waals surface area contributed by atoms with Crippen molar-refractivity contribution in [3.63, 3.8) is 0 Å². The number of phenols is 2. The van der Waals surface area contributed by atoms with Crippen LogP contribution in [0.1, 0.15) is 84.2 Å². The average molecular weight is 805 g/mol. The van der Waals surface area contributed by atoms with Gasteiger partial charge in [0.05, 0.1) is 47.3 Å². The smallest absolute Gasteiger partial charge is 0.312 e. The lowest BCUT2D eigenvalue weighted by Gasteiger charge is -2.38. The Bertz CT molecular complexity index is 2170. The Kier molecular flexibility index (Phi) is 12.2. The van der Waals surface area contributed by atoms with E-state index in [1.807, 2.05) is 0 Å². The van der Waals surface area contributed by atoms with Crippen LogP contribution in [0.2, 0.25) is 0 Å². The van der Waals surface area contributed by atoms with E-state index in [1.165, 1.54) is 20.3 Å². The molecule has 1 amide bonds. The number of methoxy groups -OCH3 is 1. The third kappa shape index (κ3) is 7.65. The summed E-state index contributed by atoms with van der Waals surface area (Å²) in [5.41, 5.74) is -0.0451. The van der Waals surface area contributed by atoms with Gasteiger partial charge in [0.1, 0.15) is 27.9 Å². The first kappa shape index (κ1) is 43.2. The number of aliphatic hydroxyl groups excluding tert-OH is 3. The highest BCUT2D eigenvalue weighted by Crippen LogP contribution is 2.51. The summed E-state index contributed by atoms with van der Waals surface area (Å²) in [5, 5.41) is 61.5. The van der Waals surface area contributed by atoms with Crippen LogP contribution in [0.5, 0.6) is 17.2 Å². The van der Waals surface area contributed by atoms with Crippen LogP contribution in [0.4, 0.5) is 5.69 Å². The van der Waals surface area contributed by atoms with E-state index in [2.05, 4.69) is 29.1 Å². The van der Waals surface area contributed by atoms with Gasteiger partial charge in [0.25, 0.3) is 11.7 Å². The van der Waals surface area contributed by atoms with Crippen LogP contribution in [0.25, 0.3) is 10.8 Å². The van der Waals surface area contributed by atoms with Crippen LogP contribution in [0.3, 0.4) is 0 Å². The van der Waals surface area contributed by atoms with Crippen molar-refractivity contribution in [2.45, 2.75) is 111 Å². The predicted octanol–water partition coefficient (Wildman–Crippen LogP) is 4.18. The molecular weight excluding hydrogens is 745 g/mol. The molecule has 2 unspecified atom stereocenters. The van der Waals surface area contributed by atoms with Crippen LogP contribution >= 0.6 is 0 Å². The number of Topliss-reactive ketones (excluding diaryl/α,β-unsaturated/α-hetero) is 1. The number of hydrogen-bond acceptors (Lipinski definition) is 13. The van der Waals surface area contributed by atoms with Crippen molar-refractivity contribution >= 4 is 28.2 Å². The Hall–Kier alpha value is -4.34. The molecule has 2 aromatic carbocycles. The number of likely N-dealkylation sites (tertiary alicyclic amines) is 1. The summed E-state index contributed by atoms with van der Waals surface area (Å²) in [5.74, 6) is -5.83. The summed E-state index contributed by atoms with van der Waals surface area (Å²) >= 11 is 0. The highest BCUT2D eigenvalue weighted by Gasteiger charge is 2.50. The number of anilines is 1. The van der Waals surface area contributed by atoms with E-state index >= 15 is 0 Å². The molecule has 4 bridgehead atoms. The number of hydrogen-bond donors (Lipinski definition) is 6. The molecule has 0 aromatic heterocycles. The number of nitrogens with one attached hydrogen (secondary N) is 1. The van der Waals surface area contributed by atoms with Gasteiger partial charge in [0.15, 0.2) is 5.75 Å². The van der Waals surface area contributed by atoms with Gasteiger partial charge in [0.2, 0.25) is 0 Å². The first-order valence-electron chi connectivity index (χ1n) is 20.3. The van der Waals surface area contributed by atoms with Gasteiger partial charge in [-0.2, -0.15) is 0 Å². The number of benzene rings is 2. The van der Waals surface area contributed by atoms with E-state index in [0.717, 1.165) is 19.6 Å². The van der Waals surface area contributed by atoms with E-state index < -0.39 is 77.0 Å². The topological polar surface area (TPSA) is 203 Å². The zero-order chi connectivity index (χ0) is 42.6. The molecular formula is C44H60N4O10. The second-order valence-electron chi connectivity index (χ2n) is 17.4. The standard InChI is InChI=1S/C44H60N4O10/c1-21(2)20-48-17-15-44(16-18-48)46-32-29-30-38(52)27(8)40-31(29)41(54)43(9,58-40)57-19-14-28(56-10)24(5)36(50)26(7)37(51)25(6)35(49)22(3)12-11-13-23(4)42(55)45-34(39(30)53)33(32)47-44/h11-14,19,21-22,24-26,28,35-37,46,49-53H,15-18,20H2,1-10H3/b12-11+,19-14+,23-13-,45-34?/t22?,24-,25-,26+,28+,35+,36-,37-,43?/m1/s1. The molecule has 0 saturated carbocycles. The average Bonchev–Trinajstić information content (AvgIpc) is 3.69. The van der Waals surface area contributed by atoms with Crippen LogP contribution in [-0.2, 0) is 14.3 Å². The minimum absolute atomic E-state index is 0.0682. The summed E-state index contributed by atoms with van der Waals surface area (Å²) < 4.78 is 18.0. The molecule has 1 fully saturated rings. The Morgan fingerprint density at radius 2 is 1.57 bits per heavy atom. The maximum atomic E-state index is 14.6. The molecule has 6 N–H and O–H groups in total. The first-order valence-corrected chi connectivity index (χ1v) is 20.3. The fourth-order valence-corrected chi connectivity index (χ4v) is 8.85. The van der Waals surface area contributed by atoms with Crippen molar-refractivity contribution < 1.29 is 49.3 Å². The molecule has 14 nitrogen and oxygen atoms in total. The molecule has 4 heterocycles. The Balaban J connectivity index is 1.55. The summed E-state index contributed by atoms with van der Waals surface area (Å²) in [7, 11) is 1.47. The SMILES string of the molecule is CO[C@H]1/C=C/OC2(C)Oc3c(C)c(O)c4c(O)c(c5c(c4c3C2=O)NC2(CCN(CC(C)C)CC2)N=5)=NC(=O)/C(C)=C\C=C\C(C)[C@H](O)[C@@H](C)[C@@H](O)[C@@H](C)[C@H](O)[C@@H]1C. The minimum atomic E-state index is -1.92. The van der Waals surface area contributed by atoms with Crippen molar-refractivity contribution in [2.24, 2.45) is 39.6 Å². The third-order valence-corrected chi connectivity index (χ3v) is 12.7. The zero-order valence-corrected chi connectivity index (χ0v) is 35.2. The molecule has 1 saturated heterocycles. The number of allylic oxidation sites excluding steroid dienone is 2. The van der Waals surface area contributed by atoms with Gasteiger partial charge >= 0.3 is 5.79 Å². The molecule has 4 aliphatic heterocycles. The number of amides is 1. The largest absolute Gasteiger partial charge is 0.507 e. The second kappa shape index (κ2) is 16.4. The molecule has 6 rings (SSSR count). The van der Waals surface area contributed by atoms with Gasteiger partial charge in [-0.3, -0.25) is 14.6 Å². The van der Waals surface area contributed by atoms with Crippen molar-refractivity contribution in [1.82, 2.24) is 4.90 Å². The lowest BCUT2D eigenvalue weighted by molar-refractivity contribution is -0.114. The van der Waals surface area contributed by atoms with Gasteiger partial charge in [0, 0.05) is 86.7 Å². The number of piperidine rings is 1. The van der Waals surface area contributed by atoms with Gasteiger partial charge in [-0.25, -0.2) is 4.99 Å². The highest BCUT2D eigenvalue weighted by atomic mass is 16.7. The van der Waals surface area contributed by atoms with Gasteiger partial charge < -0.3 is 50.0 Å². The van der Waals surface area contributed by atoms with Crippen molar-refractivity contribution in [3.05, 3.63) is 58.0 Å². The van der Waals surface area contributed by atoms with Crippen LogP contribution in [0, 0.1) is 36.5 Å². The molecule has 0 radical (unpaired) electrons. The maximum absolute atomic E-state index is 14.6. The molecule has 0 aliphatic carbocycles. The first-order chi connectivity index (χ1) is 27.3. The number of aromatic hydroxyl groups is 2. The number of ether oxygens (including phenoxy) is 3. The number of ketones is 1. The Morgan fingerprint density at radius 1 is 0.931 bits per heavy atom. The lowest BCUT2D eigenvalue weighted by Crippen LogP contribution is -2.47. The van der Waals surface area contributed by atoms with E-state index in [0.29, 0.717) is 24.4 Å². The number of carbonyl (C=O) groups excluding carboxylic acids is 2. The van der Waals surface area contributed by atoms with Crippen LogP contribution in [-0.4, -0.2) is 105 Å². The molecule has 1 spiro atoms. The third-order valence-electron chi connectivity index (χ3n) is 12.7. The highest BCUT2D eigenvalue weighted by molar-refractivity contribution is 6.21. The lowest BCUT2D eigenvalue weighted by atomic mass is 9.78. The molecule has 2 aromatic rings. The van der Waals surface area contributed by atoms with Gasteiger partial charge in [-0.1, -0.05) is 59.8 Å². The van der Waals surface area contributed by atoms with E-state index in [9.17, 15) is 35.1 Å². The van der Waals surface area contributed by atoms with Crippen molar-refractivity contribution in [1.29, 1.82) is 0 Å². The van der Waals surface area contributed by atoms with Crippen LogP contribution < -0.4 is 20.8 Å². The quantitative estimate of drug-likeness (QED) is 0.242.